The van der Waals surface area contributed by atoms with Crippen molar-refractivity contribution in [2.24, 2.45) is 0 Å². The third-order valence-corrected chi connectivity index (χ3v) is 4.56. The van der Waals surface area contributed by atoms with Crippen LogP contribution in [0.1, 0.15) is 15.9 Å². The molecule has 0 unspecified atom stereocenters. The first kappa shape index (κ1) is 17.3. The van der Waals surface area contributed by atoms with Crippen LogP contribution in [0.25, 0.3) is 0 Å². The van der Waals surface area contributed by atoms with Gasteiger partial charge in [-0.25, -0.2) is 8.42 Å². The average Bonchev–Trinajstić information content (AvgIpc) is 2.52. The van der Waals surface area contributed by atoms with Crippen LogP contribution < -0.4 is 10.1 Å². The van der Waals surface area contributed by atoms with Crippen molar-refractivity contribution in [3.63, 3.8) is 0 Å². The Morgan fingerprint density at radius 3 is 2.39 bits per heavy atom. The second kappa shape index (κ2) is 7.02. The topological polar surface area (TPSA) is 72.5 Å². The Morgan fingerprint density at radius 2 is 1.83 bits per heavy atom. The monoisotopic (exact) mass is 353 g/mol. The van der Waals surface area contributed by atoms with Crippen molar-refractivity contribution in [2.45, 2.75) is 11.4 Å². The maximum atomic E-state index is 12.2. The molecule has 122 valence electrons. The maximum absolute atomic E-state index is 12.2. The molecule has 0 aromatic heterocycles. The number of hydrogen-bond acceptors (Lipinski definition) is 4. The first-order chi connectivity index (χ1) is 10.8. The van der Waals surface area contributed by atoms with E-state index in [1.54, 1.807) is 24.3 Å². The fourth-order valence-corrected chi connectivity index (χ4v) is 2.98. The smallest absolute Gasteiger partial charge is 0.251 e. The zero-order chi connectivity index (χ0) is 17.0. The Morgan fingerprint density at radius 1 is 1.17 bits per heavy atom. The molecule has 23 heavy (non-hydrogen) atoms. The summed E-state index contributed by atoms with van der Waals surface area (Å²) in [5, 5.41) is 3.35. The summed E-state index contributed by atoms with van der Waals surface area (Å²) >= 11 is 5.80. The van der Waals surface area contributed by atoms with Crippen molar-refractivity contribution in [1.29, 1.82) is 0 Å². The van der Waals surface area contributed by atoms with Gasteiger partial charge in [0, 0.05) is 23.4 Å². The summed E-state index contributed by atoms with van der Waals surface area (Å²) in [6.07, 6.45) is 1.07. The van der Waals surface area contributed by atoms with Gasteiger partial charge in [-0.05, 0) is 35.9 Å². The fourth-order valence-electron chi connectivity index (χ4n) is 1.99. The lowest BCUT2D eigenvalue weighted by Crippen LogP contribution is -2.23. The van der Waals surface area contributed by atoms with E-state index < -0.39 is 9.84 Å². The van der Waals surface area contributed by atoms with E-state index in [0.717, 1.165) is 11.8 Å². The Bertz CT molecular complexity index is 816. The molecular weight excluding hydrogens is 338 g/mol. The molecule has 2 aromatic carbocycles. The Labute approximate surface area is 140 Å². The molecule has 7 heteroatoms. The van der Waals surface area contributed by atoms with Crippen molar-refractivity contribution in [2.75, 3.05) is 13.4 Å². The lowest BCUT2D eigenvalue weighted by atomic mass is 10.2. The molecule has 0 bridgehead atoms. The van der Waals surface area contributed by atoms with E-state index in [0.29, 0.717) is 11.6 Å². The molecule has 0 radical (unpaired) electrons. The summed E-state index contributed by atoms with van der Waals surface area (Å²) < 4.78 is 28.6. The molecule has 0 heterocycles. The van der Waals surface area contributed by atoms with Crippen LogP contribution >= 0.6 is 11.6 Å². The van der Waals surface area contributed by atoms with Gasteiger partial charge in [0.25, 0.3) is 5.91 Å². The van der Waals surface area contributed by atoms with E-state index in [9.17, 15) is 13.2 Å². The van der Waals surface area contributed by atoms with E-state index in [1.807, 2.05) is 0 Å². The summed E-state index contributed by atoms with van der Waals surface area (Å²) in [4.78, 5) is 12.2. The number of carbonyl (C=O) groups is 1. The van der Waals surface area contributed by atoms with E-state index >= 15 is 0 Å². The van der Waals surface area contributed by atoms with Crippen molar-refractivity contribution >= 4 is 27.3 Å². The lowest BCUT2D eigenvalue weighted by Gasteiger charge is -2.10. The van der Waals surface area contributed by atoms with Crippen LogP contribution in [-0.2, 0) is 16.4 Å². The second-order valence-electron chi connectivity index (χ2n) is 4.95. The highest BCUT2D eigenvalue weighted by Gasteiger charge is 2.17. The minimum atomic E-state index is -3.49. The molecule has 0 atom stereocenters. The molecular formula is C16H16ClNO4S. The number of halogens is 1. The molecule has 0 aliphatic carbocycles. The molecule has 2 rings (SSSR count). The van der Waals surface area contributed by atoms with Gasteiger partial charge in [0.1, 0.15) is 10.6 Å². The van der Waals surface area contributed by atoms with Gasteiger partial charge >= 0.3 is 0 Å². The molecule has 0 aliphatic rings. The largest absolute Gasteiger partial charge is 0.495 e. The fraction of sp³-hybridized carbons (Fsp3) is 0.188. The number of amides is 1. The van der Waals surface area contributed by atoms with Crippen LogP contribution in [0.3, 0.4) is 0 Å². The summed E-state index contributed by atoms with van der Waals surface area (Å²) in [6.45, 7) is 0.316. The van der Waals surface area contributed by atoms with Crippen LogP contribution in [0.5, 0.6) is 5.75 Å². The molecule has 5 nitrogen and oxygen atoms in total. The zero-order valence-electron chi connectivity index (χ0n) is 12.7. The number of nitrogens with one attached hydrogen (secondary N) is 1. The van der Waals surface area contributed by atoms with Gasteiger partial charge in [0.05, 0.1) is 7.11 Å². The maximum Gasteiger partial charge on any atom is 0.251 e. The summed E-state index contributed by atoms with van der Waals surface area (Å²) in [5.74, 6) is -0.158. The molecule has 0 saturated heterocycles. The molecule has 1 N–H and O–H groups in total. The molecule has 1 amide bonds. The van der Waals surface area contributed by atoms with E-state index in [-0.39, 0.29) is 22.1 Å². The van der Waals surface area contributed by atoms with Crippen molar-refractivity contribution < 1.29 is 17.9 Å². The zero-order valence-corrected chi connectivity index (χ0v) is 14.2. The van der Waals surface area contributed by atoms with Crippen LogP contribution in [0, 0.1) is 0 Å². The van der Waals surface area contributed by atoms with Crippen LogP contribution in [0.4, 0.5) is 0 Å². The number of ether oxygens (including phenoxy) is 1. The number of carbonyl (C=O) groups excluding carboxylic acids is 1. The minimum absolute atomic E-state index is 0.0147. The van der Waals surface area contributed by atoms with Crippen molar-refractivity contribution in [3.05, 3.63) is 58.6 Å². The summed E-state index contributed by atoms with van der Waals surface area (Å²) in [6, 6.07) is 11.4. The van der Waals surface area contributed by atoms with Crippen LogP contribution in [-0.4, -0.2) is 27.7 Å². The number of sulfone groups is 1. The average molecular weight is 354 g/mol. The SMILES string of the molecule is COc1ccc(C(=O)NCc2ccc(Cl)cc2)cc1S(C)(=O)=O. The van der Waals surface area contributed by atoms with Gasteiger partial charge in [-0.15, -0.1) is 0 Å². The summed E-state index contributed by atoms with van der Waals surface area (Å²) in [5.41, 5.74) is 1.14. The predicted molar refractivity (Wildman–Crippen MR) is 88.7 cm³/mol. The lowest BCUT2D eigenvalue weighted by molar-refractivity contribution is 0.0950. The highest BCUT2D eigenvalue weighted by molar-refractivity contribution is 7.90. The first-order valence-electron chi connectivity index (χ1n) is 6.72. The van der Waals surface area contributed by atoms with Crippen molar-refractivity contribution in [3.8, 4) is 5.75 Å². The number of rotatable bonds is 5. The van der Waals surface area contributed by atoms with Gasteiger partial charge in [0.2, 0.25) is 0 Å². The Balaban J connectivity index is 2.18. The Kier molecular flexibility index (Phi) is 5.28. The van der Waals surface area contributed by atoms with Gasteiger partial charge in [-0.2, -0.15) is 0 Å². The highest BCUT2D eigenvalue weighted by atomic mass is 35.5. The number of benzene rings is 2. The minimum Gasteiger partial charge on any atom is -0.495 e. The van der Waals surface area contributed by atoms with Gasteiger partial charge in [-0.1, -0.05) is 23.7 Å². The van der Waals surface area contributed by atoms with E-state index in [4.69, 9.17) is 16.3 Å². The molecule has 2 aromatic rings. The van der Waals surface area contributed by atoms with Crippen molar-refractivity contribution in [1.82, 2.24) is 5.32 Å². The number of methoxy groups -OCH3 is 1. The number of hydrogen-bond donors (Lipinski definition) is 1. The Hall–Kier alpha value is -2.05. The van der Waals surface area contributed by atoms with Gasteiger partial charge < -0.3 is 10.1 Å². The third kappa shape index (κ3) is 4.46. The molecule has 0 saturated carbocycles. The van der Waals surface area contributed by atoms with Crippen LogP contribution in [0.2, 0.25) is 5.02 Å². The normalized spacial score (nSPS) is 11.1. The summed E-state index contributed by atoms with van der Waals surface area (Å²) in [7, 11) is -2.11. The van der Waals surface area contributed by atoms with Crippen LogP contribution in [0.15, 0.2) is 47.4 Å². The van der Waals surface area contributed by atoms with E-state index in [2.05, 4.69) is 5.32 Å². The highest BCUT2D eigenvalue weighted by Crippen LogP contribution is 2.24. The third-order valence-electron chi connectivity index (χ3n) is 3.19. The van der Waals surface area contributed by atoms with Gasteiger partial charge in [-0.3, -0.25) is 4.79 Å². The van der Waals surface area contributed by atoms with Gasteiger partial charge in [0.15, 0.2) is 9.84 Å². The standard InChI is InChI=1S/C16H16ClNO4S/c1-22-14-8-5-12(9-15(14)23(2,20)21)16(19)18-10-11-3-6-13(17)7-4-11/h3-9H,10H2,1-2H3,(H,18,19). The second-order valence-corrected chi connectivity index (χ2v) is 7.37. The molecule has 0 aliphatic heterocycles. The first-order valence-corrected chi connectivity index (χ1v) is 8.99. The molecule has 0 fully saturated rings. The predicted octanol–water partition coefficient (Wildman–Crippen LogP) is 2.68. The van der Waals surface area contributed by atoms with E-state index in [1.165, 1.54) is 25.3 Å². The quantitative estimate of drug-likeness (QED) is 0.897. The molecule has 0 spiro atoms.